The van der Waals surface area contributed by atoms with E-state index in [4.69, 9.17) is 5.11 Å². The monoisotopic (exact) mass is 249 g/mol. The molecule has 100 valence electrons. The van der Waals surface area contributed by atoms with E-state index in [0.717, 1.165) is 24.8 Å². The highest BCUT2D eigenvalue weighted by Crippen LogP contribution is 2.08. The molecule has 2 N–H and O–H groups in total. The topological polar surface area (TPSA) is 49.3 Å². The first-order chi connectivity index (χ1) is 8.71. The number of carbonyl (C=O) groups excluding carboxylic acids is 1. The molecule has 3 nitrogen and oxygen atoms in total. The molecule has 0 unspecified atom stereocenters. The van der Waals surface area contributed by atoms with Crippen LogP contribution in [0.2, 0.25) is 0 Å². The standard InChI is InChI=1S/C15H23NO2/c1-3-14(4-2)15(18)16-10-9-12-5-7-13(11-17)8-6-12/h5-8,14,17H,3-4,9-11H2,1-2H3,(H,16,18). The average molecular weight is 249 g/mol. The van der Waals surface area contributed by atoms with Crippen molar-refractivity contribution in [2.45, 2.75) is 39.7 Å². The zero-order chi connectivity index (χ0) is 13.4. The predicted octanol–water partition coefficient (Wildman–Crippen LogP) is 2.27. The summed E-state index contributed by atoms with van der Waals surface area (Å²) in [5, 5.41) is 11.9. The molecule has 0 aliphatic heterocycles. The third-order valence-electron chi connectivity index (χ3n) is 3.27. The van der Waals surface area contributed by atoms with Crippen molar-refractivity contribution >= 4 is 5.91 Å². The zero-order valence-electron chi connectivity index (χ0n) is 11.3. The van der Waals surface area contributed by atoms with E-state index in [1.54, 1.807) is 0 Å². The molecule has 0 saturated heterocycles. The third kappa shape index (κ3) is 4.49. The second-order valence-electron chi connectivity index (χ2n) is 4.53. The second kappa shape index (κ2) is 7.88. The van der Waals surface area contributed by atoms with Gasteiger partial charge in [-0.25, -0.2) is 0 Å². The minimum atomic E-state index is 0.0751. The number of nitrogens with one attached hydrogen (secondary N) is 1. The highest BCUT2D eigenvalue weighted by Gasteiger charge is 2.12. The molecule has 0 aliphatic rings. The van der Waals surface area contributed by atoms with Crippen LogP contribution in [0.25, 0.3) is 0 Å². The van der Waals surface area contributed by atoms with Crippen molar-refractivity contribution in [1.82, 2.24) is 5.32 Å². The molecular weight excluding hydrogens is 226 g/mol. The largest absolute Gasteiger partial charge is 0.392 e. The van der Waals surface area contributed by atoms with Gasteiger partial charge in [-0.05, 0) is 30.4 Å². The number of aliphatic hydroxyl groups is 1. The molecule has 3 heteroatoms. The van der Waals surface area contributed by atoms with Crippen LogP contribution < -0.4 is 5.32 Å². The Bertz CT molecular complexity index is 355. The molecule has 1 rings (SSSR count). The van der Waals surface area contributed by atoms with Gasteiger partial charge in [-0.2, -0.15) is 0 Å². The summed E-state index contributed by atoms with van der Waals surface area (Å²) in [6.07, 6.45) is 2.62. The van der Waals surface area contributed by atoms with Crippen molar-refractivity contribution in [3.8, 4) is 0 Å². The fourth-order valence-electron chi connectivity index (χ4n) is 1.95. The van der Waals surface area contributed by atoms with Gasteiger partial charge >= 0.3 is 0 Å². The minimum Gasteiger partial charge on any atom is -0.392 e. The van der Waals surface area contributed by atoms with Crippen LogP contribution in [0, 0.1) is 5.92 Å². The Balaban J connectivity index is 2.34. The van der Waals surface area contributed by atoms with Crippen molar-refractivity contribution in [3.05, 3.63) is 35.4 Å². The van der Waals surface area contributed by atoms with Gasteiger partial charge in [0.1, 0.15) is 0 Å². The Morgan fingerprint density at radius 2 is 1.72 bits per heavy atom. The summed E-state index contributed by atoms with van der Waals surface area (Å²) < 4.78 is 0. The summed E-state index contributed by atoms with van der Waals surface area (Å²) in [6, 6.07) is 7.82. The molecule has 1 amide bonds. The van der Waals surface area contributed by atoms with E-state index in [9.17, 15) is 4.79 Å². The Hall–Kier alpha value is -1.35. The van der Waals surface area contributed by atoms with Crippen LogP contribution in [0.15, 0.2) is 24.3 Å². The summed E-state index contributed by atoms with van der Waals surface area (Å²) in [5.41, 5.74) is 2.09. The molecule has 0 aromatic heterocycles. The van der Waals surface area contributed by atoms with Crippen molar-refractivity contribution in [2.24, 2.45) is 5.92 Å². The maximum atomic E-state index is 11.8. The lowest BCUT2D eigenvalue weighted by Gasteiger charge is -2.12. The highest BCUT2D eigenvalue weighted by atomic mass is 16.3. The maximum absolute atomic E-state index is 11.8. The lowest BCUT2D eigenvalue weighted by atomic mass is 10.0. The molecule has 18 heavy (non-hydrogen) atoms. The molecule has 1 aromatic rings. The second-order valence-corrected chi connectivity index (χ2v) is 4.53. The van der Waals surface area contributed by atoms with E-state index in [2.05, 4.69) is 5.32 Å². The van der Waals surface area contributed by atoms with Crippen molar-refractivity contribution in [1.29, 1.82) is 0 Å². The maximum Gasteiger partial charge on any atom is 0.223 e. The van der Waals surface area contributed by atoms with Crippen LogP contribution in [0.3, 0.4) is 0 Å². The van der Waals surface area contributed by atoms with Gasteiger partial charge in [0, 0.05) is 12.5 Å². The first-order valence-corrected chi connectivity index (χ1v) is 6.67. The predicted molar refractivity (Wildman–Crippen MR) is 73.2 cm³/mol. The molecule has 0 spiro atoms. The highest BCUT2D eigenvalue weighted by molar-refractivity contribution is 5.78. The molecule has 0 saturated carbocycles. The molecule has 0 heterocycles. The Kier molecular flexibility index (Phi) is 6.44. The van der Waals surface area contributed by atoms with E-state index in [0.29, 0.717) is 6.54 Å². The Morgan fingerprint density at radius 1 is 1.17 bits per heavy atom. The van der Waals surface area contributed by atoms with Gasteiger partial charge in [-0.15, -0.1) is 0 Å². The molecule has 0 fully saturated rings. The first-order valence-electron chi connectivity index (χ1n) is 6.67. The minimum absolute atomic E-state index is 0.0751. The molecule has 1 aromatic carbocycles. The Labute approximate surface area is 109 Å². The van der Waals surface area contributed by atoms with Crippen LogP contribution in [-0.2, 0) is 17.8 Å². The number of benzene rings is 1. The zero-order valence-corrected chi connectivity index (χ0v) is 11.3. The van der Waals surface area contributed by atoms with Gasteiger partial charge in [-0.1, -0.05) is 38.1 Å². The fraction of sp³-hybridized carbons (Fsp3) is 0.533. The number of hydrogen-bond donors (Lipinski definition) is 2. The number of carbonyl (C=O) groups is 1. The average Bonchev–Trinajstić information content (AvgIpc) is 2.41. The number of amides is 1. The van der Waals surface area contributed by atoms with Gasteiger partial charge < -0.3 is 10.4 Å². The van der Waals surface area contributed by atoms with Gasteiger partial charge in [0.25, 0.3) is 0 Å². The van der Waals surface area contributed by atoms with Crippen molar-refractivity contribution < 1.29 is 9.90 Å². The quantitative estimate of drug-likeness (QED) is 0.779. The summed E-state index contributed by atoms with van der Waals surface area (Å²) in [5.74, 6) is 0.300. The Morgan fingerprint density at radius 3 is 2.22 bits per heavy atom. The van der Waals surface area contributed by atoms with Crippen LogP contribution in [0.5, 0.6) is 0 Å². The summed E-state index contributed by atoms with van der Waals surface area (Å²) in [6.45, 7) is 4.84. The number of hydrogen-bond acceptors (Lipinski definition) is 2. The molecular formula is C15H23NO2. The van der Waals surface area contributed by atoms with E-state index in [1.165, 1.54) is 5.56 Å². The number of rotatable bonds is 7. The van der Waals surface area contributed by atoms with Crippen LogP contribution in [0.4, 0.5) is 0 Å². The van der Waals surface area contributed by atoms with E-state index in [-0.39, 0.29) is 18.4 Å². The van der Waals surface area contributed by atoms with Gasteiger partial charge in [0.2, 0.25) is 5.91 Å². The van der Waals surface area contributed by atoms with E-state index in [1.807, 2.05) is 38.1 Å². The van der Waals surface area contributed by atoms with E-state index >= 15 is 0 Å². The van der Waals surface area contributed by atoms with Gasteiger partial charge in [0.05, 0.1) is 6.61 Å². The van der Waals surface area contributed by atoms with Crippen LogP contribution in [0.1, 0.15) is 37.8 Å². The molecule has 0 radical (unpaired) electrons. The van der Waals surface area contributed by atoms with Crippen molar-refractivity contribution in [3.63, 3.8) is 0 Å². The van der Waals surface area contributed by atoms with Crippen LogP contribution >= 0.6 is 0 Å². The van der Waals surface area contributed by atoms with Gasteiger partial charge in [-0.3, -0.25) is 4.79 Å². The SMILES string of the molecule is CCC(CC)C(=O)NCCc1ccc(CO)cc1. The van der Waals surface area contributed by atoms with E-state index < -0.39 is 0 Å². The van der Waals surface area contributed by atoms with Crippen molar-refractivity contribution in [2.75, 3.05) is 6.54 Å². The smallest absolute Gasteiger partial charge is 0.223 e. The van der Waals surface area contributed by atoms with Crippen LogP contribution in [-0.4, -0.2) is 17.6 Å². The summed E-state index contributed by atoms with van der Waals surface area (Å²) in [7, 11) is 0. The lowest BCUT2D eigenvalue weighted by molar-refractivity contribution is -0.125. The lowest BCUT2D eigenvalue weighted by Crippen LogP contribution is -2.31. The first kappa shape index (κ1) is 14.7. The normalized spacial score (nSPS) is 10.7. The third-order valence-corrected chi connectivity index (χ3v) is 3.27. The number of aliphatic hydroxyl groups excluding tert-OH is 1. The van der Waals surface area contributed by atoms with Gasteiger partial charge in [0.15, 0.2) is 0 Å². The summed E-state index contributed by atoms with van der Waals surface area (Å²) in [4.78, 5) is 11.8. The summed E-state index contributed by atoms with van der Waals surface area (Å²) >= 11 is 0. The molecule has 0 bridgehead atoms. The fourth-order valence-corrected chi connectivity index (χ4v) is 1.95. The molecule has 0 atom stereocenters. The molecule has 0 aliphatic carbocycles.